The molecule has 0 aromatic carbocycles. The molecule has 0 aromatic heterocycles. The van der Waals surface area contributed by atoms with E-state index in [2.05, 4.69) is 35.2 Å². The zero-order valence-electron chi connectivity index (χ0n) is 12.9. The second kappa shape index (κ2) is 10.0. The number of hydrogen-bond donors (Lipinski definition) is 1. The van der Waals surface area contributed by atoms with Crippen LogP contribution in [0.2, 0.25) is 0 Å². The Labute approximate surface area is 124 Å². The average molecular weight is 307 g/mol. The molecule has 1 N–H and O–H groups in total. The van der Waals surface area contributed by atoms with E-state index in [0.29, 0.717) is 17.9 Å². The molecule has 0 radical (unpaired) electrons. The maximum absolute atomic E-state index is 11.3. The van der Waals surface area contributed by atoms with E-state index in [0.717, 1.165) is 30.4 Å². The quantitative estimate of drug-likeness (QED) is 0.201. The first kappa shape index (κ1) is 19.2. The van der Waals surface area contributed by atoms with Crippen molar-refractivity contribution in [3.63, 3.8) is 0 Å². The third-order valence-corrected chi connectivity index (χ3v) is 3.74. The molecular formula is C13H27N2O4S+. The van der Waals surface area contributed by atoms with Crippen molar-refractivity contribution >= 4 is 17.0 Å². The largest absolute Gasteiger partial charge is 0.352 e. The van der Waals surface area contributed by atoms with Crippen molar-refractivity contribution in [2.45, 2.75) is 19.8 Å². The molecule has 0 aliphatic heterocycles. The minimum absolute atomic E-state index is 0.0950. The molecule has 1 unspecified atom stereocenters. The number of carbonyl (C=O) groups is 1. The van der Waals surface area contributed by atoms with Gasteiger partial charge >= 0.3 is 0 Å². The summed E-state index contributed by atoms with van der Waals surface area (Å²) in [6, 6.07) is 0. The maximum atomic E-state index is 11.3. The van der Waals surface area contributed by atoms with Crippen molar-refractivity contribution in [2.75, 3.05) is 46.6 Å². The van der Waals surface area contributed by atoms with Crippen LogP contribution in [0.25, 0.3) is 0 Å². The van der Waals surface area contributed by atoms with Crippen LogP contribution in [0.5, 0.6) is 0 Å². The molecule has 0 spiro atoms. The summed E-state index contributed by atoms with van der Waals surface area (Å²) in [7, 11) is 5.57. The average Bonchev–Trinajstić information content (AvgIpc) is 2.34. The lowest BCUT2D eigenvalue weighted by Gasteiger charge is -2.29. The minimum atomic E-state index is -1.37. The van der Waals surface area contributed by atoms with Crippen molar-refractivity contribution in [1.29, 1.82) is 0 Å². The third-order valence-electron chi connectivity index (χ3n) is 2.83. The summed E-state index contributed by atoms with van der Waals surface area (Å²) in [6.45, 7) is 7.76. The molecule has 0 aliphatic rings. The highest BCUT2D eigenvalue weighted by Gasteiger charge is 2.15. The summed E-state index contributed by atoms with van der Waals surface area (Å²) in [4.78, 5) is 15.7. The van der Waals surface area contributed by atoms with Crippen LogP contribution in [0.15, 0.2) is 12.2 Å². The molecule has 7 heteroatoms. The fourth-order valence-electron chi connectivity index (χ4n) is 1.69. The molecule has 118 valence electrons. The molecule has 0 aromatic rings. The van der Waals surface area contributed by atoms with Crippen LogP contribution in [0, 0.1) is 0 Å². The number of nitrogens with one attached hydrogen (secondary N) is 1. The fraction of sp³-hybridized carbons (Fsp3) is 0.769. The zero-order valence-corrected chi connectivity index (χ0v) is 13.8. The van der Waals surface area contributed by atoms with Crippen LogP contribution in [-0.2, 0) is 25.1 Å². The molecule has 0 rings (SSSR count). The highest BCUT2D eigenvalue weighted by molar-refractivity contribution is 7.80. The van der Waals surface area contributed by atoms with Crippen molar-refractivity contribution in [3.05, 3.63) is 12.2 Å². The van der Waals surface area contributed by atoms with Crippen molar-refractivity contribution in [3.8, 4) is 0 Å². The zero-order chi connectivity index (χ0) is 15.6. The predicted octanol–water partition coefficient (Wildman–Crippen LogP) is 0.777. The first-order valence-corrected chi connectivity index (χ1v) is 7.88. The summed E-state index contributed by atoms with van der Waals surface area (Å²) in [6.07, 6.45) is 1.69. The van der Waals surface area contributed by atoms with E-state index < -0.39 is 11.1 Å². The number of hydrogen-bond acceptors (Lipinski definition) is 4. The fourth-order valence-corrected chi connectivity index (χ4v) is 2.28. The van der Waals surface area contributed by atoms with Gasteiger partial charge in [0.1, 0.15) is 0 Å². The Morgan fingerprint density at radius 2 is 1.90 bits per heavy atom. The Balaban J connectivity index is 3.76. The lowest BCUT2D eigenvalue weighted by molar-refractivity contribution is -0.890. The normalized spacial score (nSPS) is 13.0. The van der Waals surface area contributed by atoms with E-state index in [1.807, 2.05) is 0 Å². The lowest BCUT2D eigenvalue weighted by atomic mass is 10.3. The smallest absolute Gasteiger partial charge is 0.246 e. The minimum Gasteiger partial charge on any atom is -0.352 e. The van der Waals surface area contributed by atoms with Crippen molar-refractivity contribution in [1.82, 2.24) is 5.32 Å². The summed E-state index contributed by atoms with van der Waals surface area (Å²) in [5.74, 6) is 0.365. The van der Waals surface area contributed by atoms with Crippen LogP contribution in [-0.4, -0.2) is 61.2 Å². The molecule has 0 fully saturated rings. The number of amides is 1. The monoisotopic (exact) mass is 307 g/mol. The Morgan fingerprint density at radius 3 is 2.45 bits per heavy atom. The molecule has 1 amide bonds. The highest BCUT2D eigenvalue weighted by atomic mass is 32.2. The molecular weight excluding hydrogens is 280 g/mol. The van der Waals surface area contributed by atoms with Crippen molar-refractivity contribution < 1.29 is 22.7 Å². The van der Waals surface area contributed by atoms with Gasteiger partial charge in [0.05, 0.1) is 40.0 Å². The van der Waals surface area contributed by atoms with Gasteiger partial charge in [-0.05, 0) is 6.92 Å². The van der Waals surface area contributed by atoms with Crippen LogP contribution in [0.4, 0.5) is 0 Å². The van der Waals surface area contributed by atoms with Gasteiger partial charge in [-0.2, -0.15) is 0 Å². The van der Waals surface area contributed by atoms with Crippen LogP contribution in [0.1, 0.15) is 19.8 Å². The third kappa shape index (κ3) is 10.1. The molecule has 0 aliphatic carbocycles. The van der Waals surface area contributed by atoms with Gasteiger partial charge in [0.2, 0.25) is 5.91 Å². The van der Waals surface area contributed by atoms with Gasteiger partial charge in [-0.25, -0.2) is 9.10 Å². The number of rotatable bonds is 11. The molecule has 0 saturated carbocycles. The van der Waals surface area contributed by atoms with Gasteiger partial charge in [0.15, 0.2) is 11.1 Å². The van der Waals surface area contributed by atoms with Crippen molar-refractivity contribution in [2.24, 2.45) is 0 Å². The summed E-state index contributed by atoms with van der Waals surface area (Å²) in [5.41, 5.74) is 0.527. The summed E-state index contributed by atoms with van der Waals surface area (Å²) >= 11 is -1.37. The second-order valence-electron chi connectivity index (χ2n) is 5.37. The van der Waals surface area contributed by atoms with Gasteiger partial charge in [-0.15, -0.1) is 4.33 Å². The van der Waals surface area contributed by atoms with Gasteiger partial charge in [0, 0.05) is 25.0 Å². The highest BCUT2D eigenvalue weighted by Crippen LogP contribution is 2.03. The second-order valence-corrected chi connectivity index (χ2v) is 6.52. The van der Waals surface area contributed by atoms with E-state index in [1.54, 1.807) is 6.92 Å². The Morgan fingerprint density at radius 1 is 1.30 bits per heavy atom. The van der Waals surface area contributed by atoms with E-state index in [4.69, 9.17) is 0 Å². The van der Waals surface area contributed by atoms with E-state index in [9.17, 15) is 9.00 Å². The van der Waals surface area contributed by atoms with Crippen LogP contribution in [0.3, 0.4) is 0 Å². The Bertz CT molecular complexity index is 345. The maximum Gasteiger partial charge on any atom is 0.246 e. The predicted molar refractivity (Wildman–Crippen MR) is 80.0 cm³/mol. The number of quaternary nitrogens is 1. The van der Waals surface area contributed by atoms with E-state index >= 15 is 0 Å². The topological polar surface area (TPSA) is 64.6 Å². The first-order chi connectivity index (χ1) is 9.28. The molecule has 0 bridgehead atoms. The molecule has 20 heavy (non-hydrogen) atoms. The molecule has 1 atom stereocenters. The van der Waals surface area contributed by atoms with Crippen LogP contribution >= 0.6 is 0 Å². The summed E-state index contributed by atoms with van der Waals surface area (Å²) < 4.78 is 16.6. The van der Waals surface area contributed by atoms with Gasteiger partial charge < -0.3 is 9.80 Å². The van der Waals surface area contributed by atoms with Gasteiger partial charge in [-0.3, -0.25) is 4.79 Å². The first-order valence-electron chi connectivity index (χ1n) is 6.64. The molecule has 0 saturated heterocycles. The number of carbonyl (C=O) groups excluding carboxylic acids is 1. The van der Waals surface area contributed by atoms with Gasteiger partial charge in [0.25, 0.3) is 0 Å². The van der Waals surface area contributed by atoms with Crippen LogP contribution < -0.4 is 5.32 Å². The lowest BCUT2D eigenvalue weighted by Crippen LogP contribution is -2.43. The Kier molecular flexibility index (Phi) is 9.66. The van der Waals surface area contributed by atoms with E-state index in [-0.39, 0.29) is 5.91 Å². The SMILES string of the molecule is C=C(C)C(=O)NCCC[N+](C)(C)CCCS(=O)OOC. The van der Waals surface area contributed by atoms with Gasteiger partial charge in [-0.1, -0.05) is 6.58 Å². The molecule has 6 nitrogen and oxygen atoms in total. The number of nitrogens with zero attached hydrogens (tertiary/aromatic N) is 1. The molecule has 0 heterocycles. The standard InChI is InChI=1S/C13H26N2O4S/c1-12(2)13(16)14-8-6-9-15(3,4)10-7-11-20(17)19-18-5/h1,6-11H2,2-5H3/p+1. The summed E-state index contributed by atoms with van der Waals surface area (Å²) in [5, 5.41) is 2.81. The Hall–Kier alpha value is -0.760. The van der Waals surface area contributed by atoms with E-state index in [1.165, 1.54) is 7.11 Å².